The molecule has 1 saturated heterocycles. The van der Waals surface area contributed by atoms with Crippen LogP contribution in [0.15, 0.2) is 41.9 Å². The number of carbonyl (C=O) groups excluding carboxylic acids is 1. The van der Waals surface area contributed by atoms with E-state index in [1.165, 1.54) is 19.8 Å². The van der Waals surface area contributed by atoms with Crippen molar-refractivity contribution in [1.82, 2.24) is 14.7 Å². The van der Waals surface area contributed by atoms with Crippen LogP contribution in [0.5, 0.6) is 0 Å². The number of aromatic nitrogens is 2. The second-order valence-electron chi connectivity index (χ2n) is 9.90. The maximum Gasteiger partial charge on any atom is 0.219 e. The Balaban J connectivity index is 0.000000375. The van der Waals surface area contributed by atoms with Gasteiger partial charge in [-0.3, -0.25) is 14.9 Å². The number of carbonyl (C=O) groups is 1. The quantitative estimate of drug-likeness (QED) is 0.446. The van der Waals surface area contributed by atoms with Crippen molar-refractivity contribution in [1.29, 1.82) is 5.41 Å². The summed E-state index contributed by atoms with van der Waals surface area (Å²) in [4.78, 5) is 15.3. The molecule has 0 saturated carbocycles. The van der Waals surface area contributed by atoms with Gasteiger partial charge in [0.05, 0.1) is 25.4 Å². The highest BCUT2D eigenvalue weighted by atomic mass is 16.5. The minimum atomic E-state index is -0.582. The van der Waals surface area contributed by atoms with Crippen molar-refractivity contribution in [2.24, 2.45) is 18.7 Å². The van der Waals surface area contributed by atoms with Crippen LogP contribution in [0.2, 0.25) is 0 Å². The van der Waals surface area contributed by atoms with E-state index in [1.54, 1.807) is 9.58 Å². The fourth-order valence-corrected chi connectivity index (χ4v) is 4.94. The molecule has 3 aliphatic heterocycles. The van der Waals surface area contributed by atoms with E-state index in [1.807, 2.05) is 36.5 Å². The Morgan fingerprint density at radius 1 is 1.33 bits per heavy atom. The zero-order chi connectivity index (χ0) is 25.8. The summed E-state index contributed by atoms with van der Waals surface area (Å²) in [6.45, 7) is 6.99. The zero-order valence-electron chi connectivity index (χ0n) is 21.5. The molecule has 1 aromatic heterocycles. The number of rotatable bonds is 3. The molecule has 4 heterocycles. The molecule has 0 radical (unpaired) electrons. The number of hydrogen-bond acceptors (Lipinski definition) is 6. The van der Waals surface area contributed by atoms with Crippen LogP contribution in [0.3, 0.4) is 0 Å². The number of aliphatic hydroxyl groups excluding tert-OH is 1. The number of fused-ring (bicyclic) bond motifs is 1. The Morgan fingerprint density at radius 2 is 2.14 bits per heavy atom. The van der Waals surface area contributed by atoms with Crippen molar-refractivity contribution in [3.63, 3.8) is 0 Å². The number of aryl methyl sites for hydroxylation is 1. The lowest BCUT2D eigenvalue weighted by atomic mass is 9.94. The summed E-state index contributed by atoms with van der Waals surface area (Å²) in [6.07, 6.45) is 6.84. The van der Waals surface area contributed by atoms with Gasteiger partial charge >= 0.3 is 0 Å². The number of β-amino-alcohol motifs (C(OH)–C–C–N with tert-alkyl or cyclic N) is 1. The highest BCUT2D eigenvalue weighted by Gasteiger charge is 2.30. The fourth-order valence-electron chi connectivity index (χ4n) is 4.94. The Labute approximate surface area is 213 Å². The molecule has 9 heteroatoms. The lowest BCUT2D eigenvalue weighted by Gasteiger charge is -2.37. The average molecular weight is 495 g/mol. The van der Waals surface area contributed by atoms with E-state index in [4.69, 9.17) is 15.9 Å². The highest BCUT2D eigenvalue weighted by molar-refractivity contribution is 6.09. The van der Waals surface area contributed by atoms with Crippen LogP contribution in [0.4, 0.5) is 5.69 Å². The van der Waals surface area contributed by atoms with Crippen LogP contribution in [-0.2, 0) is 23.0 Å². The predicted octanol–water partition coefficient (Wildman–Crippen LogP) is 2.69. The normalized spacial score (nSPS) is 21.7. The summed E-state index contributed by atoms with van der Waals surface area (Å²) < 4.78 is 6.90. The third-order valence-electron chi connectivity index (χ3n) is 7.25. The number of benzene rings is 1. The van der Waals surface area contributed by atoms with Crippen LogP contribution < -0.4 is 10.6 Å². The van der Waals surface area contributed by atoms with Crippen LogP contribution in [0.25, 0.3) is 11.1 Å². The molecule has 0 aliphatic carbocycles. The van der Waals surface area contributed by atoms with Crippen molar-refractivity contribution < 1.29 is 14.6 Å². The maximum atomic E-state index is 11.8. The number of anilines is 1. The third kappa shape index (κ3) is 5.79. The predicted molar refractivity (Wildman–Crippen MR) is 141 cm³/mol. The molecule has 9 nitrogen and oxygen atoms in total. The maximum absolute atomic E-state index is 11.8. The molecule has 2 aromatic rings. The number of ether oxygens (including phenoxy) is 1. The second-order valence-corrected chi connectivity index (χ2v) is 9.90. The van der Waals surface area contributed by atoms with Crippen LogP contribution >= 0.6 is 0 Å². The van der Waals surface area contributed by atoms with Gasteiger partial charge in [0.2, 0.25) is 5.91 Å². The van der Waals surface area contributed by atoms with Gasteiger partial charge < -0.3 is 25.4 Å². The molecule has 1 fully saturated rings. The van der Waals surface area contributed by atoms with Gasteiger partial charge in [-0.05, 0) is 35.6 Å². The number of aliphatic hydroxyl groups is 1. The van der Waals surface area contributed by atoms with Crippen molar-refractivity contribution in [3.05, 3.63) is 47.4 Å². The van der Waals surface area contributed by atoms with E-state index in [9.17, 15) is 9.90 Å². The first-order valence-corrected chi connectivity index (χ1v) is 12.7. The van der Waals surface area contributed by atoms with Crippen molar-refractivity contribution in [3.8, 4) is 11.1 Å². The number of amidine groups is 1. The van der Waals surface area contributed by atoms with Gasteiger partial charge in [0.25, 0.3) is 0 Å². The minimum Gasteiger partial charge on any atom is -0.402 e. The Hall–Kier alpha value is -3.17. The molecular formula is C27H38N6O3. The van der Waals surface area contributed by atoms with Gasteiger partial charge in [-0.25, -0.2) is 0 Å². The molecule has 1 unspecified atom stereocenters. The molecular weight excluding hydrogens is 456 g/mol. The standard InChI is InChI=1S/C21H26N6O2.C6H12O/c1-13(28)26-6-5-19(22)18(12-26)21(23)27-11-17(29)8-15-7-14(3-4-20(15)27)16-9-24-25(2)10-16;1-2-6-3-4-7-5-6/h3-4,7,9-10,17,23,29H,5-6,8,11-12,22H2,1-2H3;6H,2-5H2,1H3/t;6-/m.0/s1. The molecule has 36 heavy (non-hydrogen) atoms. The fraction of sp³-hybridized carbons (Fsp3) is 0.519. The van der Waals surface area contributed by atoms with E-state index in [-0.39, 0.29) is 11.7 Å². The SMILES string of the molecule is CC(=O)N1CCC(N)=C(C(=N)N2CC(O)Cc3cc(-c4cnn(C)c4)ccc32)C1.CC[C@H]1CCOC1. The van der Waals surface area contributed by atoms with E-state index in [0.717, 1.165) is 41.5 Å². The minimum absolute atomic E-state index is 0.0250. The van der Waals surface area contributed by atoms with Gasteiger partial charge in [0.15, 0.2) is 0 Å². The van der Waals surface area contributed by atoms with Crippen molar-refractivity contribution in [2.75, 3.05) is 37.7 Å². The molecule has 0 spiro atoms. The highest BCUT2D eigenvalue weighted by Crippen LogP contribution is 2.33. The monoisotopic (exact) mass is 494 g/mol. The van der Waals surface area contributed by atoms with Crippen LogP contribution in [0.1, 0.15) is 38.7 Å². The van der Waals surface area contributed by atoms with E-state index in [0.29, 0.717) is 43.7 Å². The largest absolute Gasteiger partial charge is 0.402 e. The van der Waals surface area contributed by atoms with Gasteiger partial charge in [0.1, 0.15) is 5.84 Å². The Morgan fingerprint density at radius 3 is 2.75 bits per heavy atom. The van der Waals surface area contributed by atoms with E-state index in [2.05, 4.69) is 18.1 Å². The first-order chi connectivity index (χ1) is 17.3. The lowest BCUT2D eigenvalue weighted by molar-refractivity contribution is -0.128. The Kier molecular flexibility index (Phi) is 8.11. The number of nitrogens with zero attached hydrogens (tertiary/aromatic N) is 4. The van der Waals surface area contributed by atoms with Gasteiger partial charge in [-0.2, -0.15) is 5.10 Å². The molecule has 2 atom stereocenters. The van der Waals surface area contributed by atoms with E-state index >= 15 is 0 Å². The molecule has 1 amide bonds. The summed E-state index contributed by atoms with van der Waals surface area (Å²) in [5, 5.41) is 23.5. The van der Waals surface area contributed by atoms with Crippen molar-refractivity contribution in [2.45, 2.75) is 45.6 Å². The van der Waals surface area contributed by atoms with Gasteiger partial charge in [0, 0.05) is 75.3 Å². The summed E-state index contributed by atoms with van der Waals surface area (Å²) in [6, 6.07) is 6.05. The Bertz CT molecular complexity index is 1130. The topological polar surface area (TPSA) is 121 Å². The third-order valence-corrected chi connectivity index (χ3v) is 7.25. The summed E-state index contributed by atoms with van der Waals surface area (Å²) in [7, 11) is 1.88. The number of amides is 1. The first-order valence-electron chi connectivity index (χ1n) is 12.7. The number of hydrogen-bond donors (Lipinski definition) is 3. The molecule has 0 bridgehead atoms. The molecule has 1 aromatic carbocycles. The zero-order valence-corrected chi connectivity index (χ0v) is 21.5. The van der Waals surface area contributed by atoms with Crippen molar-refractivity contribution >= 4 is 17.4 Å². The number of nitrogens with two attached hydrogens (primary N) is 1. The lowest BCUT2D eigenvalue weighted by Crippen LogP contribution is -2.47. The van der Waals surface area contributed by atoms with Gasteiger partial charge in [-0.15, -0.1) is 0 Å². The molecule has 5 rings (SSSR count). The van der Waals surface area contributed by atoms with Gasteiger partial charge in [-0.1, -0.05) is 19.4 Å². The van der Waals surface area contributed by atoms with Crippen LogP contribution in [-0.4, -0.2) is 70.5 Å². The number of nitrogens with one attached hydrogen (secondary N) is 1. The molecule has 3 aliphatic rings. The second kappa shape index (κ2) is 11.3. The summed E-state index contributed by atoms with van der Waals surface area (Å²) in [5.41, 5.74) is 11.4. The first kappa shape index (κ1) is 25.9. The van der Waals surface area contributed by atoms with E-state index < -0.39 is 6.10 Å². The average Bonchev–Trinajstić information content (AvgIpc) is 3.55. The summed E-state index contributed by atoms with van der Waals surface area (Å²) >= 11 is 0. The molecule has 194 valence electrons. The summed E-state index contributed by atoms with van der Waals surface area (Å²) in [5.74, 6) is 1.10. The molecule has 4 N–H and O–H groups in total. The smallest absolute Gasteiger partial charge is 0.219 e. The van der Waals surface area contributed by atoms with Crippen LogP contribution in [0, 0.1) is 11.3 Å².